The van der Waals surface area contributed by atoms with Gasteiger partial charge in [0.25, 0.3) is 0 Å². The van der Waals surface area contributed by atoms with Crippen molar-refractivity contribution in [1.82, 2.24) is 0 Å². The molecule has 0 radical (unpaired) electrons. The summed E-state index contributed by atoms with van der Waals surface area (Å²) in [5.41, 5.74) is 3.13. The normalized spacial score (nSPS) is 20.6. The SMILES string of the molecule is CCC1=CC(CC)=CC(C)(C)C=C1. The molecular formula is C13H20. The Hall–Kier alpha value is -0.780. The van der Waals surface area contributed by atoms with E-state index < -0.39 is 0 Å². The van der Waals surface area contributed by atoms with E-state index in [0.717, 1.165) is 12.8 Å². The van der Waals surface area contributed by atoms with Crippen molar-refractivity contribution in [3.8, 4) is 0 Å². The summed E-state index contributed by atoms with van der Waals surface area (Å²) in [4.78, 5) is 0. The molecule has 0 aromatic rings. The average Bonchev–Trinajstić information content (AvgIpc) is 2.23. The van der Waals surface area contributed by atoms with E-state index in [0.29, 0.717) is 0 Å². The molecular weight excluding hydrogens is 156 g/mol. The first-order valence-electron chi connectivity index (χ1n) is 5.19. The third-order valence-corrected chi connectivity index (χ3v) is 2.47. The largest absolute Gasteiger partial charge is 0.0748 e. The van der Waals surface area contributed by atoms with Crippen LogP contribution in [-0.4, -0.2) is 0 Å². The standard InChI is InChI=1S/C13H20/c1-5-11-7-8-13(3,4)10-12(6-2)9-11/h7-10H,5-6H2,1-4H3. The van der Waals surface area contributed by atoms with Crippen LogP contribution in [0.5, 0.6) is 0 Å². The molecule has 0 heterocycles. The molecule has 1 aliphatic carbocycles. The maximum atomic E-state index is 2.37. The van der Waals surface area contributed by atoms with E-state index in [4.69, 9.17) is 0 Å². The third-order valence-electron chi connectivity index (χ3n) is 2.47. The molecule has 0 bridgehead atoms. The molecule has 0 unspecified atom stereocenters. The van der Waals surface area contributed by atoms with Crippen LogP contribution >= 0.6 is 0 Å². The summed E-state index contributed by atoms with van der Waals surface area (Å²) in [6.45, 7) is 8.94. The molecule has 0 heteroatoms. The fourth-order valence-electron chi connectivity index (χ4n) is 1.60. The number of hydrogen-bond donors (Lipinski definition) is 0. The fraction of sp³-hybridized carbons (Fsp3) is 0.538. The van der Waals surface area contributed by atoms with Crippen LogP contribution in [0, 0.1) is 5.41 Å². The summed E-state index contributed by atoms with van der Waals surface area (Å²) in [5, 5.41) is 0. The molecule has 13 heavy (non-hydrogen) atoms. The summed E-state index contributed by atoms with van der Waals surface area (Å²) in [6, 6.07) is 0. The lowest BCUT2D eigenvalue weighted by molar-refractivity contribution is 0.621. The Bertz CT molecular complexity index is 262. The molecule has 0 N–H and O–H groups in total. The van der Waals surface area contributed by atoms with Crippen LogP contribution < -0.4 is 0 Å². The first-order valence-corrected chi connectivity index (χ1v) is 5.19. The van der Waals surface area contributed by atoms with Crippen LogP contribution in [-0.2, 0) is 0 Å². The Morgan fingerprint density at radius 1 is 1.08 bits per heavy atom. The van der Waals surface area contributed by atoms with Gasteiger partial charge in [0.15, 0.2) is 0 Å². The van der Waals surface area contributed by atoms with Crippen LogP contribution in [0.1, 0.15) is 40.5 Å². The lowest BCUT2D eigenvalue weighted by atomic mass is 9.91. The highest BCUT2D eigenvalue weighted by atomic mass is 14.2. The molecule has 0 aromatic carbocycles. The molecule has 72 valence electrons. The molecule has 0 saturated heterocycles. The summed E-state index contributed by atoms with van der Waals surface area (Å²) < 4.78 is 0. The molecule has 0 aromatic heterocycles. The van der Waals surface area contributed by atoms with E-state index >= 15 is 0 Å². The van der Waals surface area contributed by atoms with Crippen LogP contribution in [0.25, 0.3) is 0 Å². The first-order chi connectivity index (χ1) is 6.07. The highest BCUT2D eigenvalue weighted by molar-refractivity contribution is 5.36. The van der Waals surface area contributed by atoms with Gasteiger partial charge in [-0.15, -0.1) is 0 Å². The highest BCUT2D eigenvalue weighted by Gasteiger charge is 2.13. The molecule has 1 rings (SSSR count). The van der Waals surface area contributed by atoms with Crippen molar-refractivity contribution in [2.75, 3.05) is 0 Å². The second-order valence-corrected chi connectivity index (χ2v) is 4.30. The second kappa shape index (κ2) is 3.95. The minimum atomic E-state index is 0.221. The van der Waals surface area contributed by atoms with Crippen molar-refractivity contribution >= 4 is 0 Å². The van der Waals surface area contributed by atoms with Crippen LogP contribution in [0.4, 0.5) is 0 Å². The maximum absolute atomic E-state index is 2.37. The minimum absolute atomic E-state index is 0.221. The van der Waals surface area contributed by atoms with Crippen molar-refractivity contribution in [3.63, 3.8) is 0 Å². The average molecular weight is 176 g/mol. The lowest BCUT2D eigenvalue weighted by Crippen LogP contribution is -2.02. The van der Waals surface area contributed by atoms with Crippen LogP contribution in [0.2, 0.25) is 0 Å². The van der Waals surface area contributed by atoms with Gasteiger partial charge in [-0.1, -0.05) is 57.6 Å². The predicted molar refractivity (Wildman–Crippen MR) is 59.7 cm³/mol. The van der Waals surface area contributed by atoms with Gasteiger partial charge in [-0.05, 0) is 18.4 Å². The van der Waals surface area contributed by atoms with Gasteiger partial charge in [0.1, 0.15) is 0 Å². The highest BCUT2D eigenvalue weighted by Crippen LogP contribution is 2.27. The Morgan fingerprint density at radius 3 is 2.23 bits per heavy atom. The zero-order valence-corrected chi connectivity index (χ0v) is 9.22. The molecule has 0 spiro atoms. The number of allylic oxidation sites excluding steroid dienone is 6. The van der Waals surface area contributed by atoms with Crippen LogP contribution in [0.3, 0.4) is 0 Å². The Balaban J connectivity index is 3.00. The molecule has 0 saturated carbocycles. The van der Waals surface area contributed by atoms with Gasteiger partial charge in [0.2, 0.25) is 0 Å². The van der Waals surface area contributed by atoms with Crippen molar-refractivity contribution in [2.24, 2.45) is 5.41 Å². The molecule has 0 amide bonds. The van der Waals surface area contributed by atoms with E-state index in [9.17, 15) is 0 Å². The predicted octanol–water partition coefficient (Wildman–Crippen LogP) is 4.26. The van der Waals surface area contributed by atoms with Crippen molar-refractivity contribution in [2.45, 2.75) is 40.5 Å². The van der Waals surface area contributed by atoms with Gasteiger partial charge < -0.3 is 0 Å². The molecule has 0 atom stereocenters. The van der Waals surface area contributed by atoms with E-state index in [-0.39, 0.29) is 5.41 Å². The topological polar surface area (TPSA) is 0 Å². The van der Waals surface area contributed by atoms with Gasteiger partial charge in [0.05, 0.1) is 0 Å². The van der Waals surface area contributed by atoms with Gasteiger partial charge in [-0.25, -0.2) is 0 Å². The van der Waals surface area contributed by atoms with E-state index in [1.807, 2.05) is 0 Å². The fourth-order valence-corrected chi connectivity index (χ4v) is 1.60. The summed E-state index contributed by atoms with van der Waals surface area (Å²) in [7, 11) is 0. The number of rotatable bonds is 2. The lowest BCUT2D eigenvalue weighted by Gasteiger charge is -2.14. The van der Waals surface area contributed by atoms with E-state index in [2.05, 4.69) is 52.0 Å². The maximum Gasteiger partial charge on any atom is 0.00134 e. The zero-order valence-electron chi connectivity index (χ0n) is 9.22. The van der Waals surface area contributed by atoms with Crippen molar-refractivity contribution in [3.05, 3.63) is 35.5 Å². The summed E-state index contributed by atoms with van der Waals surface area (Å²) >= 11 is 0. The van der Waals surface area contributed by atoms with Gasteiger partial charge in [-0.2, -0.15) is 0 Å². The quantitative estimate of drug-likeness (QED) is 0.590. The van der Waals surface area contributed by atoms with Gasteiger partial charge in [-0.3, -0.25) is 0 Å². The second-order valence-electron chi connectivity index (χ2n) is 4.30. The molecule has 0 fully saturated rings. The van der Waals surface area contributed by atoms with Gasteiger partial charge in [0, 0.05) is 5.41 Å². The first kappa shape index (κ1) is 10.3. The van der Waals surface area contributed by atoms with Crippen molar-refractivity contribution in [1.29, 1.82) is 0 Å². The van der Waals surface area contributed by atoms with E-state index in [1.165, 1.54) is 11.1 Å². The van der Waals surface area contributed by atoms with Crippen molar-refractivity contribution < 1.29 is 0 Å². The minimum Gasteiger partial charge on any atom is -0.0748 e. The van der Waals surface area contributed by atoms with Gasteiger partial charge >= 0.3 is 0 Å². The van der Waals surface area contributed by atoms with E-state index in [1.54, 1.807) is 0 Å². The monoisotopic (exact) mass is 176 g/mol. The Labute approximate surface area is 82.0 Å². The van der Waals surface area contributed by atoms with Crippen LogP contribution in [0.15, 0.2) is 35.5 Å². The zero-order chi connectivity index (χ0) is 9.90. The Morgan fingerprint density at radius 2 is 1.69 bits per heavy atom. The number of hydrogen-bond acceptors (Lipinski definition) is 0. The summed E-state index contributed by atoms with van der Waals surface area (Å²) in [5.74, 6) is 0. The third kappa shape index (κ3) is 2.87. The molecule has 0 aliphatic heterocycles. The smallest absolute Gasteiger partial charge is 0.00134 e. The molecule has 0 nitrogen and oxygen atoms in total. The summed E-state index contributed by atoms with van der Waals surface area (Å²) in [6.07, 6.45) is 11.5. The Kier molecular flexibility index (Phi) is 3.13. The molecule has 1 aliphatic rings.